The molecule has 3 aromatic carbocycles. The van der Waals surface area contributed by atoms with Crippen molar-refractivity contribution in [1.29, 1.82) is 0 Å². The van der Waals surface area contributed by atoms with Crippen LogP contribution in [0.4, 0.5) is 5.69 Å². The van der Waals surface area contributed by atoms with Crippen LogP contribution in [-0.4, -0.2) is 28.6 Å². The van der Waals surface area contributed by atoms with Gasteiger partial charge in [0.1, 0.15) is 5.75 Å². The Morgan fingerprint density at radius 3 is 2.32 bits per heavy atom. The molecule has 0 spiro atoms. The van der Waals surface area contributed by atoms with Crippen molar-refractivity contribution < 1.29 is 19.4 Å². The molecule has 208 valence electrons. The lowest BCUT2D eigenvalue weighted by atomic mass is 9.93. The van der Waals surface area contributed by atoms with Gasteiger partial charge in [0.25, 0.3) is 5.91 Å². The number of amides is 1. The number of fused-ring (bicyclic) bond motifs is 1. The molecule has 0 bridgehead atoms. The fourth-order valence-electron chi connectivity index (χ4n) is 5.36. The van der Waals surface area contributed by atoms with E-state index in [9.17, 15) is 14.7 Å². The summed E-state index contributed by atoms with van der Waals surface area (Å²) < 4.78 is 6.06. The number of carboxylic acids is 1. The maximum atomic E-state index is 13.6. The van der Waals surface area contributed by atoms with Crippen molar-refractivity contribution >= 4 is 34.7 Å². The highest BCUT2D eigenvalue weighted by Gasteiger charge is 2.28. The monoisotopic (exact) mass is 566 g/mol. The number of nitrogens with zero attached hydrogens (tertiary/aromatic N) is 1. The van der Waals surface area contributed by atoms with Crippen molar-refractivity contribution in [3.8, 4) is 16.9 Å². The summed E-state index contributed by atoms with van der Waals surface area (Å²) in [4.78, 5) is 29.4. The van der Waals surface area contributed by atoms with E-state index in [1.807, 2.05) is 45.0 Å². The smallest absolute Gasteiger partial charge is 0.335 e. The van der Waals surface area contributed by atoms with Crippen molar-refractivity contribution in [3.05, 3.63) is 117 Å². The fraction of sp³-hybridized carbons (Fsp3) is 0.206. The van der Waals surface area contributed by atoms with Crippen LogP contribution in [0, 0.1) is 20.8 Å². The predicted octanol–water partition coefficient (Wildman–Crippen LogP) is 7.83. The highest BCUT2D eigenvalue weighted by atomic mass is 35.5. The summed E-state index contributed by atoms with van der Waals surface area (Å²) in [6.07, 6.45) is 3.65. The molecule has 0 aliphatic heterocycles. The van der Waals surface area contributed by atoms with Crippen molar-refractivity contribution in [2.24, 2.45) is 0 Å². The Kier molecular flexibility index (Phi) is 8.22. The predicted molar refractivity (Wildman–Crippen MR) is 163 cm³/mol. The molecule has 0 saturated carbocycles. The Labute approximate surface area is 244 Å². The van der Waals surface area contributed by atoms with E-state index in [-0.39, 0.29) is 11.5 Å². The minimum Gasteiger partial charge on any atom is -0.494 e. The van der Waals surface area contributed by atoms with Gasteiger partial charge in [0, 0.05) is 40.2 Å². The lowest BCUT2D eigenvalue weighted by molar-refractivity contribution is -0.112. The van der Waals surface area contributed by atoms with Crippen LogP contribution in [0.15, 0.2) is 78.5 Å². The maximum absolute atomic E-state index is 13.6. The molecule has 2 N–H and O–H groups in total. The minimum atomic E-state index is -1.01. The van der Waals surface area contributed by atoms with E-state index in [0.717, 1.165) is 61.8 Å². The third kappa shape index (κ3) is 6.03. The molecule has 4 aromatic rings. The van der Waals surface area contributed by atoms with Crippen LogP contribution >= 0.6 is 11.6 Å². The number of rotatable bonds is 9. The molecule has 6 nitrogen and oxygen atoms in total. The van der Waals surface area contributed by atoms with Crippen LogP contribution in [-0.2, 0) is 11.2 Å². The number of benzene rings is 3. The van der Waals surface area contributed by atoms with Gasteiger partial charge >= 0.3 is 5.97 Å². The summed E-state index contributed by atoms with van der Waals surface area (Å²) in [5, 5.41) is 12.9. The molecule has 1 aliphatic carbocycles. The first-order valence-corrected chi connectivity index (χ1v) is 13.9. The van der Waals surface area contributed by atoms with Crippen molar-refractivity contribution in [3.63, 3.8) is 0 Å². The fourth-order valence-corrected chi connectivity index (χ4v) is 5.47. The Balaban J connectivity index is 1.41. The molecule has 1 aromatic heterocycles. The van der Waals surface area contributed by atoms with E-state index in [0.29, 0.717) is 30.7 Å². The summed E-state index contributed by atoms with van der Waals surface area (Å²) in [5.74, 6) is -0.427. The highest BCUT2D eigenvalue weighted by Crippen LogP contribution is 2.41. The normalized spacial score (nSPS) is 12.3. The zero-order chi connectivity index (χ0) is 29.1. The second-order valence-corrected chi connectivity index (χ2v) is 10.6. The average Bonchev–Trinajstić information content (AvgIpc) is 3.33. The second kappa shape index (κ2) is 12.0. The number of nitrogens with one attached hydrogen (secondary N) is 1. The maximum Gasteiger partial charge on any atom is 0.335 e. The number of pyridine rings is 1. The van der Waals surface area contributed by atoms with Crippen LogP contribution in [0.25, 0.3) is 16.7 Å². The van der Waals surface area contributed by atoms with Crippen LogP contribution in [0.2, 0.25) is 5.02 Å². The van der Waals surface area contributed by atoms with Gasteiger partial charge in [0.15, 0.2) is 0 Å². The SMILES string of the molecule is Cc1cc(OCCCC2=C(C(=O)Nc3ccc(C(=O)O)cc3)Cc3c2cccc3-c2cccnc2C)cc(C)c1Cl. The van der Waals surface area contributed by atoms with Crippen molar-refractivity contribution in [2.45, 2.75) is 40.0 Å². The summed E-state index contributed by atoms with van der Waals surface area (Å²) in [7, 11) is 0. The molecule has 0 radical (unpaired) electrons. The van der Waals surface area contributed by atoms with Gasteiger partial charge < -0.3 is 15.2 Å². The molecule has 5 rings (SSSR count). The van der Waals surface area contributed by atoms with Gasteiger partial charge in [0.2, 0.25) is 0 Å². The van der Waals surface area contributed by atoms with Crippen LogP contribution < -0.4 is 10.1 Å². The van der Waals surface area contributed by atoms with E-state index in [2.05, 4.69) is 28.5 Å². The second-order valence-electron chi connectivity index (χ2n) is 10.3. The van der Waals surface area contributed by atoms with E-state index in [1.165, 1.54) is 12.1 Å². The molecular weight excluding hydrogens is 536 g/mol. The summed E-state index contributed by atoms with van der Waals surface area (Å²) in [6, 6.07) is 20.2. The number of hydrogen-bond donors (Lipinski definition) is 2. The number of aryl methyl sites for hydroxylation is 3. The minimum absolute atomic E-state index is 0.165. The number of ether oxygens (including phenoxy) is 1. The first-order chi connectivity index (χ1) is 19.7. The first kappa shape index (κ1) is 28.1. The number of carbonyl (C=O) groups excluding carboxylic acids is 1. The Hall–Kier alpha value is -4.42. The van der Waals surface area contributed by atoms with Gasteiger partial charge in [-0.15, -0.1) is 0 Å². The number of halogens is 1. The number of allylic oxidation sites excluding steroid dienone is 1. The first-order valence-electron chi connectivity index (χ1n) is 13.5. The molecule has 0 fully saturated rings. The molecule has 1 amide bonds. The third-order valence-corrected chi connectivity index (χ3v) is 8.03. The topological polar surface area (TPSA) is 88.5 Å². The zero-order valence-electron chi connectivity index (χ0n) is 23.3. The summed E-state index contributed by atoms with van der Waals surface area (Å²) in [6.45, 7) is 6.41. The third-order valence-electron chi connectivity index (χ3n) is 7.43. The number of carboxylic acid groups (broad SMARTS) is 1. The Morgan fingerprint density at radius 2 is 1.63 bits per heavy atom. The average molecular weight is 567 g/mol. The zero-order valence-corrected chi connectivity index (χ0v) is 24.0. The molecule has 0 saturated heterocycles. The number of hydrogen-bond acceptors (Lipinski definition) is 4. The van der Waals surface area contributed by atoms with Crippen molar-refractivity contribution in [1.82, 2.24) is 4.98 Å². The van der Waals surface area contributed by atoms with Crippen LogP contribution in [0.3, 0.4) is 0 Å². The van der Waals surface area contributed by atoms with E-state index >= 15 is 0 Å². The van der Waals surface area contributed by atoms with Gasteiger partial charge in [0.05, 0.1) is 12.2 Å². The van der Waals surface area contributed by atoms with Gasteiger partial charge in [-0.25, -0.2) is 4.79 Å². The highest BCUT2D eigenvalue weighted by molar-refractivity contribution is 6.32. The quantitative estimate of drug-likeness (QED) is 0.201. The number of anilines is 1. The summed E-state index contributed by atoms with van der Waals surface area (Å²) in [5.41, 5.74) is 9.58. The largest absolute Gasteiger partial charge is 0.494 e. The summed E-state index contributed by atoms with van der Waals surface area (Å²) >= 11 is 6.31. The van der Waals surface area contributed by atoms with Gasteiger partial charge in [-0.2, -0.15) is 0 Å². The Morgan fingerprint density at radius 1 is 0.951 bits per heavy atom. The number of aromatic nitrogens is 1. The molecule has 0 unspecified atom stereocenters. The van der Waals surface area contributed by atoms with E-state index in [4.69, 9.17) is 16.3 Å². The molecule has 7 heteroatoms. The Bertz CT molecular complexity index is 1650. The van der Waals surface area contributed by atoms with Crippen LogP contribution in [0.1, 0.15) is 51.1 Å². The number of aromatic carboxylic acids is 1. The van der Waals surface area contributed by atoms with E-state index in [1.54, 1.807) is 18.3 Å². The standard InChI is InChI=1S/C34H31ClN2O4/c1-20-17-25(18-21(2)32(20)35)41-16-6-10-29-28-8-4-7-27(26-9-5-15-36-22(26)3)30(28)19-31(29)33(38)37-24-13-11-23(12-14-24)34(39)40/h4-5,7-9,11-15,17-18H,6,10,16,19H2,1-3H3,(H,37,38)(H,39,40). The molecule has 1 heterocycles. The molecule has 41 heavy (non-hydrogen) atoms. The van der Waals surface area contributed by atoms with Gasteiger partial charge in [-0.1, -0.05) is 35.9 Å². The van der Waals surface area contributed by atoms with Crippen LogP contribution in [0.5, 0.6) is 5.75 Å². The molecular formula is C34H31ClN2O4. The molecule has 0 atom stereocenters. The van der Waals surface area contributed by atoms with Gasteiger partial charge in [-0.05, 0) is 109 Å². The number of carbonyl (C=O) groups is 2. The molecule has 1 aliphatic rings. The van der Waals surface area contributed by atoms with Crippen molar-refractivity contribution in [2.75, 3.05) is 11.9 Å². The lowest BCUT2D eigenvalue weighted by Gasteiger charge is -2.13. The lowest BCUT2D eigenvalue weighted by Crippen LogP contribution is -2.15. The van der Waals surface area contributed by atoms with Gasteiger partial charge in [-0.3, -0.25) is 9.78 Å². The van der Waals surface area contributed by atoms with E-state index < -0.39 is 5.97 Å².